The van der Waals surface area contributed by atoms with Crippen molar-refractivity contribution >= 4 is 11.7 Å². The van der Waals surface area contributed by atoms with Gasteiger partial charge in [0.2, 0.25) is 0 Å². The summed E-state index contributed by atoms with van der Waals surface area (Å²) in [6.45, 7) is 3.37. The molecule has 0 aliphatic carbocycles. The number of hydrogen-bond acceptors (Lipinski definition) is 5. The summed E-state index contributed by atoms with van der Waals surface area (Å²) in [6.07, 6.45) is 8.09. The minimum atomic E-state index is -0.267. The third-order valence-electron chi connectivity index (χ3n) is 2.97. The van der Waals surface area contributed by atoms with E-state index in [1.54, 1.807) is 24.6 Å². The molecule has 2 heterocycles. The van der Waals surface area contributed by atoms with Crippen LogP contribution >= 0.6 is 0 Å². The van der Waals surface area contributed by atoms with Crippen LogP contribution in [-0.2, 0) is 6.54 Å². The number of aromatic nitrogens is 2. The van der Waals surface area contributed by atoms with Gasteiger partial charge in [0.15, 0.2) is 0 Å². The lowest BCUT2D eigenvalue weighted by atomic mass is 10.2. The summed E-state index contributed by atoms with van der Waals surface area (Å²) in [6, 6.07) is 3.58. The van der Waals surface area contributed by atoms with Crippen molar-refractivity contribution in [2.24, 2.45) is 0 Å². The van der Waals surface area contributed by atoms with Gasteiger partial charge < -0.3 is 15.1 Å². The maximum atomic E-state index is 11.9. The Hall–Kier alpha value is -2.37. The number of rotatable bonds is 8. The van der Waals surface area contributed by atoms with Crippen molar-refractivity contribution in [1.29, 1.82) is 0 Å². The molecule has 112 valence electrons. The number of unbranched alkanes of at least 4 members (excludes halogenated alkanes) is 2. The number of furan rings is 1. The second-order valence-corrected chi connectivity index (χ2v) is 4.68. The van der Waals surface area contributed by atoms with Gasteiger partial charge in [-0.25, -0.2) is 9.97 Å². The molecule has 2 rings (SSSR count). The van der Waals surface area contributed by atoms with E-state index in [4.69, 9.17) is 4.42 Å². The highest BCUT2D eigenvalue weighted by Crippen LogP contribution is 2.04. The van der Waals surface area contributed by atoms with Crippen molar-refractivity contribution in [3.63, 3.8) is 0 Å². The van der Waals surface area contributed by atoms with Gasteiger partial charge in [0.1, 0.15) is 17.3 Å². The summed E-state index contributed by atoms with van der Waals surface area (Å²) in [5, 5.41) is 5.90. The monoisotopic (exact) mass is 288 g/mol. The van der Waals surface area contributed by atoms with Gasteiger partial charge in [0, 0.05) is 6.54 Å². The Balaban J connectivity index is 1.79. The molecular formula is C15H20N4O2. The molecule has 0 aliphatic rings. The van der Waals surface area contributed by atoms with Crippen LogP contribution < -0.4 is 10.6 Å². The fourth-order valence-electron chi connectivity index (χ4n) is 1.80. The van der Waals surface area contributed by atoms with Crippen LogP contribution in [0.1, 0.15) is 42.4 Å². The molecule has 0 bridgehead atoms. The number of hydrogen-bond donors (Lipinski definition) is 2. The molecule has 0 spiro atoms. The van der Waals surface area contributed by atoms with Crippen molar-refractivity contribution in [1.82, 2.24) is 15.3 Å². The van der Waals surface area contributed by atoms with Gasteiger partial charge in [0.05, 0.1) is 25.2 Å². The highest BCUT2D eigenvalue weighted by Gasteiger charge is 2.08. The van der Waals surface area contributed by atoms with E-state index in [0.717, 1.165) is 13.0 Å². The lowest BCUT2D eigenvalue weighted by Gasteiger charge is -2.06. The van der Waals surface area contributed by atoms with Crippen molar-refractivity contribution < 1.29 is 9.21 Å². The lowest BCUT2D eigenvalue weighted by Crippen LogP contribution is -2.23. The van der Waals surface area contributed by atoms with Crippen LogP contribution in [0.3, 0.4) is 0 Å². The number of anilines is 1. The van der Waals surface area contributed by atoms with Crippen LogP contribution in [0.25, 0.3) is 0 Å². The minimum absolute atomic E-state index is 0.267. The first-order valence-electron chi connectivity index (χ1n) is 7.16. The van der Waals surface area contributed by atoms with E-state index in [9.17, 15) is 4.79 Å². The maximum Gasteiger partial charge on any atom is 0.271 e. The molecule has 1 amide bonds. The second kappa shape index (κ2) is 8.04. The number of carbonyl (C=O) groups excluding carboxylic acids is 1. The molecule has 2 aromatic heterocycles. The predicted molar refractivity (Wildman–Crippen MR) is 79.9 cm³/mol. The van der Waals surface area contributed by atoms with Crippen LogP contribution in [-0.4, -0.2) is 22.4 Å². The molecule has 0 radical (unpaired) electrons. The van der Waals surface area contributed by atoms with E-state index in [0.29, 0.717) is 23.8 Å². The zero-order valence-corrected chi connectivity index (χ0v) is 12.1. The molecule has 21 heavy (non-hydrogen) atoms. The molecule has 0 atom stereocenters. The zero-order chi connectivity index (χ0) is 14.9. The average molecular weight is 288 g/mol. The van der Waals surface area contributed by atoms with Crippen LogP contribution in [0, 0.1) is 0 Å². The summed E-state index contributed by atoms with van der Waals surface area (Å²) in [4.78, 5) is 20.2. The number of nitrogens with zero attached hydrogens (tertiary/aromatic N) is 2. The maximum absolute atomic E-state index is 11.9. The summed E-state index contributed by atoms with van der Waals surface area (Å²) < 4.78 is 5.14. The first-order chi connectivity index (χ1) is 10.3. The van der Waals surface area contributed by atoms with Crippen molar-refractivity contribution in [2.45, 2.75) is 32.7 Å². The average Bonchev–Trinajstić information content (AvgIpc) is 3.03. The highest BCUT2D eigenvalue weighted by atomic mass is 16.3. The molecule has 0 aliphatic heterocycles. The van der Waals surface area contributed by atoms with E-state index >= 15 is 0 Å². The predicted octanol–water partition coefficient (Wildman–Crippen LogP) is 2.60. The van der Waals surface area contributed by atoms with E-state index in [-0.39, 0.29) is 5.91 Å². The van der Waals surface area contributed by atoms with Crippen LogP contribution in [0.15, 0.2) is 35.2 Å². The van der Waals surface area contributed by atoms with Crippen molar-refractivity contribution in [3.8, 4) is 0 Å². The molecule has 0 saturated carbocycles. The van der Waals surface area contributed by atoms with Crippen LogP contribution in [0.4, 0.5) is 5.82 Å². The largest absolute Gasteiger partial charge is 0.467 e. The van der Waals surface area contributed by atoms with E-state index in [2.05, 4.69) is 27.5 Å². The summed E-state index contributed by atoms with van der Waals surface area (Å²) in [7, 11) is 0. The first-order valence-corrected chi connectivity index (χ1v) is 7.16. The molecular weight excluding hydrogens is 268 g/mol. The lowest BCUT2D eigenvalue weighted by molar-refractivity contribution is 0.0942. The van der Waals surface area contributed by atoms with Gasteiger partial charge >= 0.3 is 0 Å². The Morgan fingerprint density at radius 3 is 2.86 bits per heavy atom. The van der Waals surface area contributed by atoms with Crippen LogP contribution in [0.2, 0.25) is 0 Å². The Morgan fingerprint density at radius 1 is 1.29 bits per heavy atom. The number of nitrogens with one attached hydrogen (secondary N) is 2. The Labute approximate surface area is 124 Å². The SMILES string of the molecule is CCCCCNc1cnc(C(=O)NCc2ccco2)cn1. The second-order valence-electron chi connectivity index (χ2n) is 4.68. The summed E-state index contributed by atoms with van der Waals surface area (Å²) in [5.41, 5.74) is 0.292. The molecule has 0 fully saturated rings. The molecule has 0 unspecified atom stereocenters. The van der Waals surface area contributed by atoms with E-state index < -0.39 is 0 Å². The smallest absolute Gasteiger partial charge is 0.271 e. The van der Waals surface area contributed by atoms with E-state index in [1.807, 2.05) is 0 Å². The van der Waals surface area contributed by atoms with Gasteiger partial charge in [-0.05, 0) is 18.6 Å². The third-order valence-corrected chi connectivity index (χ3v) is 2.97. The minimum Gasteiger partial charge on any atom is -0.467 e. The van der Waals surface area contributed by atoms with E-state index in [1.165, 1.54) is 19.0 Å². The molecule has 6 nitrogen and oxygen atoms in total. The standard InChI is InChI=1S/C15H20N4O2/c1-2-3-4-7-16-14-11-17-13(10-18-14)15(20)19-9-12-6-5-8-21-12/h5-6,8,10-11H,2-4,7,9H2,1H3,(H,16,18)(H,19,20). The topological polar surface area (TPSA) is 80.0 Å². The van der Waals surface area contributed by atoms with Crippen molar-refractivity contribution in [2.75, 3.05) is 11.9 Å². The normalized spacial score (nSPS) is 10.3. The Kier molecular flexibility index (Phi) is 5.75. The number of amides is 1. The van der Waals surface area contributed by atoms with Crippen molar-refractivity contribution in [3.05, 3.63) is 42.2 Å². The van der Waals surface area contributed by atoms with Crippen LogP contribution in [0.5, 0.6) is 0 Å². The Morgan fingerprint density at radius 2 is 2.19 bits per heavy atom. The summed E-state index contributed by atoms with van der Waals surface area (Å²) >= 11 is 0. The van der Waals surface area contributed by atoms with Gasteiger partial charge in [-0.2, -0.15) is 0 Å². The Bertz CT molecular complexity index is 537. The highest BCUT2D eigenvalue weighted by molar-refractivity contribution is 5.91. The molecule has 0 saturated heterocycles. The van der Waals surface area contributed by atoms with Gasteiger partial charge in [-0.15, -0.1) is 0 Å². The zero-order valence-electron chi connectivity index (χ0n) is 12.1. The number of carbonyl (C=O) groups is 1. The molecule has 0 aromatic carbocycles. The fourth-order valence-corrected chi connectivity index (χ4v) is 1.80. The van der Waals surface area contributed by atoms with Gasteiger partial charge in [-0.1, -0.05) is 19.8 Å². The fraction of sp³-hybridized carbons (Fsp3) is 0.400. The molecule has 2 aromatic rings. The summed E-state index contributed by atoms with van der Waals surface area (Å²) in [5.74, 6) is 1.12. The van der Waals surface area contributed by atoms with Gasteiger partial charge in [0.25, 0.3) is 5.91 Å². The van der Waals surface area contributed by atoms with Gasteiger partial charge in [-0.3, -0.25) is 4.79 Å². The third kappa shape index (κ3) is 4.91. The molecule has 2 N–H and O–H groups in total. The quantitative estimate of drug-likeness (QED) is 0.730. The first kappa shape index (κ1) is 15.0. The molecule has 6 heteroatoms.